The number of nitrogens with zero attached hydrogens (tertiary/aromatic N) is 1. The van der Waals surface area contributed by atoms with Crippen LogP contribution in [0.15, 0.2) is 77.3 Å². The van der Waals surface area contributed by atoms with Crippen LogP contribution in [-0.2, 0) is 12.0 Å². The summed E-state index contributed by atoms with van der Waals surface area (Å²) in [5.41, 5.74) is 6.83. The average Bonchev–Trinajstić information content (AvgIpc) is 2.77. The Hall–Kier alpha value is -2.98. The van der Waals surface area contributed by atoms with Gasteiger partial charge in [-0.3, -0.25) is 4.79 Å². The van der Waals surface area contributed by atoms with Gasteiger partial charge in [0.05, 0.1) is 16.8 Å². The number of carbonyl (C=O) groups excluding carboxylic acids is 1. The summed E-state index contributed by atoms with van der Waals surface area (Å²) in [5, 5.41) is 3.90. The van der Waals surface area contributed by atoms with Crippen molar-refractivity contribution < 1.29 is 4.79 Å². The lowest BCUT2D eigenvalue weighted by atomic mass is 9.86. The Labute approximate surface area is 198 Å². The summed E-state index contributed by atoms with van der Waals surface area (Å²) in [4.78, 5) is 18.1. The van der Waals surface area contributed by atoms with Crippen LogP contribution in [0, 0.1) is 6.92 Å². The van der Waals surface area contributed by atoms with Crippen LogP contribution in [0.3, 0.4) is 0 Å². The first-order valence-corrected chi connectivity index (χ1v) is 11.5. The quantitative estimate of drug-likeness (QED) is 0.331. The van der Waals surface area contributed by atoms with Crippen molar-refractivity contribution >= 4 is 32.7 Å². The lowest BCUT2D eigenvalue weighted by Crippen LogP contribution is -2.23. The van der Waals surface area contributed by atoms with Crippen molar-refractivity contribution in [1.29, 1.82) is 0 Å². The van der Waals surface area contributed by atoms with Gasteiger partial charge in [-0.1, -0.05) is 90.8 Å². The number of aryl methyl sites for hydroxylation is 1. The van der Waals surface area contributed by atoms with Gasteiger partial charge in [-0.25, -0.2) is 4.98 Å². The van der Waals surface area contributed by atoms with E-state index in [2.05, 4.69) is 85.3 Å². The highest BCUT2D eigenvalue weighted by atomic mass is 79.9. The van der Waals surface area contributed by atoms with Gasteiger partial charge in [0.1, 0.15) is 0 Å². The lowest BCUT2D eigenvalue weighted by Gasteiger charge is -2.19. The van der Waals surface area contributed by atoms with E-state index in [9.17, 15) is 4.79 Å². The minimum atomic E-state index is -0.108. The van der Waals surface area contributed by atoms with Crippen LogP contribution < -0.4 is 5.32 Å². The molecule has 3 aromatic carbocycles. The molecule has 0 radical (unpaired) electrons. The van der Waals surface area contributed by atoms with Gasteiger partial charge in [0, 0.05) is 22.0 Å². The normalized spacial score (nSPS) is 11.5. The Morgan fingerprint density at radius 3 is 2.28 bits per heavy atom. The Kier molecular flexibility index (Phi) is 6.16. The molecule has 0 aliphatic heterocycles. The van der Waals surface area contributed by atoms with Crippen molar-refractivity contribution in [1.82, 2.24) is 10.3 Å². The molecule has 0 spiro atoms. The Bertz CT molecular complexity index is 1270. The predicted molar refractivity (Wildman–Crippen MR) is 136 cm³/mol. The number of aromatic nitrogens is 1. The van der Waals surface area contributed by atoms with E-state index in [1.54, 1.807) is 0 Å². The number of hydrogen-bond donors (Lipinski definition) is 1. The van der Waals surface area contributed by atoms with E-state index in [-0.39, 0.29) is 11.3 Å². The summed E-state index contributed by atoms with van der Waals surface area (Å²) in [6, 6.07) is 24.4. The van der Waals surface area contributed by atoms with E-state index in [0.29, 0.717) is 12.1 Å². The van der Waals surface area contributed by atoms with Crippen LogP contribution in [0.4, 0.5) is 0 Å². The van der Waals surface area contributed by atoms with Gasteiger partial charge >= 0.3 is 0 Å². The second-order valence-corrected chi connectivity index (χ2v) is 10.1. The van der Waals surface area contributed by atoms with Crippen molar-refractivity contribution in [2.45, 2.75) is 39.7 Å². The third-order valence-corrected chi connectivity index (χ3v) is 6.13. The monoisotopic (exact) mass is 486 g/mol. The van der Waals surface area contributed by atoms with Crippen LogP contribution in [0.2, 0.25) is 0 Å². The molecule has 32 heavy (non-hydrogen) atoms. The molecule has 0 aliphatic carbocycles. The van der Waals surface area contributed by atoms with Crippen molar-refractivity contribution in [3.8, 4) is 11.3 Å². The molecule has 0 unspecified atom stereocenters. The van der Waals surface area contributed by atoms with E-state index in [1.165, 1.54) is 11.1 Å². The topological polar surface area (TPSA) is 42.0 Å². The zero-order valence-electron chi connectivity index (χ0n) is 18.9. The van der Waals surface area contributed by atoms with Gasteiger partial charge in [0.2, 0.25) is 0 Å². The Balaban J connectivity index is 1.71. The van der Waals surface area contributed by atoms with Crippen LogP contribution >= 0.6 is 15.9 Å². The van der Waals surface area contributed by atoms with Gasteiger partial charge in [0.25, 0.3) is 5.91 Å². The maximum atomic E-state index is 13.2. The highest BCUT2D eigenvalue weighted by molar-refractivity contribution is 9.10. The van der Waals surface area contributed by atoms with E-state index in [0.717, 1.165) is 32.2 Å². The molecule has 1 heterocycles. The molecular weight excluding hydrogens is 460 g/mol. The lowest BCUT2D eigenvalue weighted by molar-refractivity contribution is 0.0952. The standard InChI is InChI=1S/C28H27BrN2O/c1-18-5-7-19(8-6-18)17-30-27(32)24-16-26(31-25-14-13-22(29)15-23(24)25)20-9-11-21(12-10-20)28(2,3)4/h5-16H,17H2,1-4H3,(H,30,32). The first kappa shape index (κ1) is 22.2. The Morgan fingerprint density at radius 2 is 1.62 bits per heavy atom. The van der Waals surface area contributed by atoms with Gasteiger partial charge in [-0.2, -0.15) is 0 Å². The number of fused-ring (bicyclic) bond motifs is 1. The van der Waals surface area contributed by atoms with Gasteiger partial charge in [-0.15, -0.1) is 0 Å². The third-order valence-electron chi connectivity index (χ3n) is 5.64. The van der Waals surface area contributed by atoms with E-state index < -0.39 is 0 Å². The fraction of sp³-hybridized carbons (Fsp3) is 0.214. The molecule has 0 bridgehead atoms. The summed E-state index contributed by atoms with van der Waals surface area (Å²) in [6.45, 7) is 9.13. The minimum absolute atomic E-state index is 0.0860. The maximum Gasteiger partial charge on any atom is 0.252 e. The number of nitrogens with one attached hydrogen (secondary N) is 1. The molecule has 4 heteroatoms. The van der Waals surface area contributed by atoms with Crippen molar-refractivity contribution in [3.63, 3.8) is 0 Å². The van der Waals surface area contributed by atoms with Crippen LogP contribution in [0.25, 0.3) is 22.2 Å². The van der Waals surface area contributed by atoms with Gasteiger partial charge < -0.3 is 5.32 Å². The molecule has 4 aromatic rings. The third kappa shape index (κ3) is 4.91. The minimum Gasteiger partial charge on any atom is -0.348 e. The fourth-order valence-electron chi connectivity index (χ4n) is 3.66. The molecule has 1 amide bonds. The number of rotatable bonds is 4. The van der Waals surface area contributed by atoms with E-state index in [4.69, 9.17) is 4.98 Å². The molecule has 0 saturated heterocycles. The molecule has 162 valence electrons. The summed E-state index contributed by atoms with van der Waals surface area (Å²) < 4.78 is 0.918. The highest BCUT2D eigenvalue weighted by Gasteiger charge is 2.16. The molecule has 0 atom stereocenters. The molecule has 0 fully saturated rings. The van der Waals surface area contributed by atoms with Crippen LogP contribution in [-0.4, -0.2) is 10.9 Å². The summed E-state index contributed by atoms with van der Waals surface area (Å²) in [5.74, 6) is -0.108. The van der Waals surface area contributed by atoms with Crippen LogP contribution in [0.1, 0.15) is 47.8 Å². The predicted octanol–water partition coefficient (Wildman–Crippen LogP) is 7.20. The second-order valence-electron chi connectivity index (χ2n) is 9.21. The molecule has 4 rings (SSSR count). The molecule has 0 aliphatic rings. The molecule has 3 nitrogen and oxygen atoms in total. The Morgan fingerprint density at radius 1 is 0.938 bits per heavy atom. The van der Waals surface area contributed by atoms with Gasteiger partial charge in [0.15, 0.2) is 0 Å². The van der Waals surface area contributed by atoms with Gasteiger partial charge in [-0.05, 0) is 47.7 Å². The molecular formula is C28H27BrN2O. The van der Waals surface area contributed by atoms with Crippen LogP contribution in [0.5, 0.6) is 0 Å². The average molecular weight is 487 g/mol. The maximum absolute atomic E-state index is 13.2. The number of hydrogen-bond acceptors (Lipinski definition) is 2. The largest absolute Gasteiger partial charge is 0.348 e. The van der Waals surface area contributed by atoms with E-state index in [1.807, 2.05) is 36.4 Å². The van der Waals surface area contributed by atoms with Crippen molar-refractivity contribution in [2.24, 2.45) is 0 Å². The van der Waals surface area contributed by atoms with E-state index >= 15 is 0 Å². The number of benzene rings is 3. The SMILES string of the molecule is Cc1ccc(CNC(=O)c2cc(-c3ccc(C(C)(C)C)cc3)nc3ccc(Br)cc23)cc1. The summed E-state index contributed by atoms with van der Waals surface area (Å²) in [6.07, 6.45) is 0. The molecule has 1 N–H and O–H groups in total. The smallest absolute Gasteiger partial charge is 0.252 e. The molecule has 1 aromatic heterocycles. The zero-order valence-corrected chi connectivity index (χ0v) is 20.5. The second kappa shape index (κ2) is 8.87. The highest BCUT2D eigenvalue weighted by Crippen LogP contribution is 2.29. The fourth-order valence-corrected chi connectivity index (χ4v) is 4.02. The number of amides is 1. The summed E-state index contributed by atoms with van der Waals surface area (Å²) >= 11 is 3.53. The number of carbonyl (C=O) groups is 1. The number of pyridine rings is 1. The first-order chi connectivity index (χ1) is 15.2. The van der Waals surface area contributed by atoms with Crippen molar-refractivity contribution in [3.05, 3.63) is 99.5 Å². The summed E-state index contributed by atoms with van der Waals surface area (Å²) in [7, 11) is 0. The van der Waals surface area contributed by atoms with Crippen molar-refractivity contribution in [2.75, 3.05) is 0 Å². The molecule has 0 saturated carbocycles. The number of halogens is 1. The zero-order chi connectivity index (χ0) is 22.9. The first-order valence-electron chi connectivity index (χ1n) is 10.8.